The second-order valence-electron chi connectivity index (χ2n) is 5.55. The van der Waals surface area contributed by atoms with E-state index in [9.17, 15) is 4.79 Å². The van der Waals surface area contributed by atoms with Crippen LogP contribution in [-0.4, -0.2) is 12.5 Å². The molecule has 1 rings (SSSR count). The van der Waals surface area contributed by atoms with Gasteiger partial charge in [0.05, 0.1) is 0 Å². The van der Waals surface area contributed by atoms with Gasteiger partial charge in [-0.15, -0.1) is 0 Å². The largest absolute Gasteiger partial charge is 0.352 e. The second kappa shape index (κ2) is 3.11. The molecule has 0 atom stereocenters. The van der Waals surface area contributed by atoms with Crippen LogP contribution in [0.3, 0.4) is 0 Å². The zero-order valence-electron chi connectivity index (χ0n) is 9.90. The van der Waals surface area contributed by atoms with Crippen molar-refractivity contribution in [2.45, 2.75) is 34.6 Å². The first-order valence-corrected chi connectivity index (χ1v) is 5.13. The van der Waals surface area contributed by atoms with E-state index in [1.165, 1.54) is 0 Å². The minimum absolute atomic E-state index is 0.131. The van der Waals surface area contributed by atoms with Crippen LogP contribution in [0.15, 0.2) is 12.2 Å². The van der Waals surface area contributed by atoms with E-state index in [0.29, 0.717) is 6.54 Å². The van der Waals surface area contributed by atoms with Crippen molar-refractivity contribution in [3.63, 3.8) is 0 Å². The average molecular weight is 195 g/mol. The maximum Gasteiger partial charge on any atom is 0.224 e. The van der Waals surface area contributed by atoms with Crippen LogP contribution in [0.2, 0.25) is 0 Å². The van der Waals surface area contributed by atoms with Gasteiger partial charge in [-0.25, -0.2) is 0 Å². The molecule has 2 nitrogen and oxygen atoms in total. The van der Waals surface area contributed by atoms with Gasteiger partial charge in [0.1, 0.15) is 0 Å². The van der Waals surface area contributed by atoms with Gasteiger partial charge >= 0.3 is 0 Å². The number of hydrogen-bond acceptors (Lipinski definition) is 1. The van der Waals surface area contributed by atoms with Crippen molar-refractivity contribution in [1.82, 2.24) is 5.32 Å². The number of nitrogens with one attached hydrogen (secondary N) is 1. The van der Waals surface area contributed by atoms with Crippen molar-refractivity contribution < 1.29 is 4.79 Å². The Labute approximate surface area is 86.8 Å². The fourth-order valence-corrected chi connectivity index (χ4v) is 2.19. The van der Waals surface area contributed by atoms with Gasteiger partial charge in [0.15, 0.2) is 0 Å². The summed E-state index contributed by atoms with van der Waals surface area (Å²) in [6, 6.07) is 0. The second-order valence-corrected chi connectivity index (χ2v) is 5.55. The molecule has 0 heterocycles. The molecule has 1 fully saturated rings. The Kier molecular flexibility index (Phi) is 2.51. The quantitative estimate of drug-likeness (QED) is 0.688. The smallest absolute Gasteiger partial charge is 0.224 e. The highest BCUT2D eigenvalue weighted by atomic mass is 16.2. The molecule has 0 spiro atoms. The predicted octanol–water partition coefficient (Wildman–Crippen LogP) is 2.36. The summed E-state index contributed by atoms with van der Waals surface area (Å²) in [7, 11) is 0. The summed E-state index contributed by atoms with van der Waals surface area (Å²) in [5.74, 6) is 0.317. The van der Waals surface area contributed by atoms with E-state index in [2.05, 4.69) is 39.6 Å². The molecular weight excluding hydrogens is 174 g/mol. The Morgan fingerprint density at radius 1 is 1.29 bits per heavy atom. The molecule has 1 aliphatic rings. The molecule has 2 heteroatoms. The molecule has 0 saturated heterocycles. The topological polar surface area (TPSA) is 29.1 Å². The summed E-state index contributed by atoms with van der Waals surface area (Å²) < 4.78 is 0. The Morgan fingerprint density at radius 2 is 1.71 bits per heavy atom. The summed E-state index contributed by atoms with van der Waals surface area (Å²) in [6.45, 7) is 14.9. The Bertz CT molecular complexity index is 262. The number of hydrogen-bond donors (Lipinski definition) is 1. The molecule has 0 aromatic heterocycles. The molecule has 0 aromatic rings. The summed E-state index contributed by atoms with van der Waals surface area (Å²) in [4.78, 5) is 11.8. The van der Waals surface area contributed by atoms with Crippen LogP contribution in [0.25, 0.3) is 0 Å². The molecule has 0 aliphatic heterocycles. The van der Waals surface area contributed by atoms with Crippen LogP contribution in [0.5, 0.6) is 0 Å². The maximum atomic E-state index is 11.8. The van der Waals surface area contributed by atoms with E-state index in [4.69, 9.17) is 0 Å². The van der Waals surface area contributed by atoms with Gasteiger partial charge < -0.3 is 5.32 Å². The maximum absolute atomic E-state index is 11.8. The lowest BCUT2D eigenvalue weighted by molar-refractivity contribution is -0.123. The van der Waals surface area contributed by atoms with Crippen molar-refractivity contribution in [2.75, 3.05) is 6.54 Å². The molecule has 1 saturated carbocycles. The first-order valence-electron chi connectivity index (χ1n) is 5.13. The number of amides is 1. The van der Waals surface area contributed by atoms with Crippen LogP contribution >= 0.6 is 0 Å². The van der Waals surface area contributed by atoms with Crippen LogP contribution in [0.4, 0.5) is 0 Å². The third-order valence-corrected chi connectivity index (χ3v) is 3.85. The van der Waals surface area contributed by atoms with Crippen LogP contribution in [-0.2, 0) is 4.79 Å². The highest BCUT2D eigenvalue weighted by Crippen LogP contribution is 2.68. The lowest BCUT2D eigenvalue weighted by atomic mass is 10.0. The minimum atomic E-state index is 0.131. The lowest BCUT2D eigenvalue weighted by Crippen LogP contribution is -2.28. The van der Waals surface area contributed by atoms with E-state index in [1.54, 1.807) is 0 Å². The average Bonchev–Trinajstić information content (AvgIpc) is 2.39. The van der Waals surface area contributed by atoms with Crippen LogP contribution < -0.4 is 5.32 Å². The molecule has 14 heavy (non-hydrogen) atoms. The summed E-state index contributed by atoms with van der Waals surface area (Å²) >= 11 is 0. The molecule has 80 valence electrons. The van der Waals surface area contributed by atoms with Gasteiger partial charge in [0, 0.05) is 12.5 Å². The molecule has 0 aromatic carbocycles. The van der Waals surface area contributed by atoms with Crippen molar-refractivity contribution in [1.29, 1.82) is 0 Å². The van der Waals surface area contributed by atoms with Crippen molar-refractivity contribution in [3.8, 4) is 0 Å². The summed E-state index contributed by atoms with van der Waals surface area (Å²) in [5.41, 5.74) is 1.26. The first kappa shape index (κ1) is 11.3. The molecule has 0 bridgehead atoms. The van der Waals surface area contributed by atoms with Crippen molar-refractivity contribution in [3.05, 3.63) is 12.2 Å². The molecule has 0 unspecified atom stereocenters. The third-order valence-electron chi connectivity index (χ3n) is 3.85. The van der Waals surface area contributed by atoms with Gasteiger partial charge in [0.2, 0.25) is 5.91 Å². The van der Waals surface area contributed by atoms with Gasteiger partial charge in [-0.1, -0.05) is 39.8 Å². The number of rotatable bonds is 3. The first-order chi connectivity index (χ1) is 6.21. The minimum Gasteiger partial charge on any atom is -0.352 e. The van der Waals surface area contributed by atoms with Gasteiger partial charge in [-0.3, -0.25) is 4.79 Å². The molecule has 1 aliphatic carbocycles. The highest BCUT2D eigenvalue weighted by Gasteiger charge is 2.68. The monoisotopic (exact) mass is 195 g/mol. The van der Waals surface area contributed by atoms with Gasteiger partial charge in [-0.2, -0.15) is 0 Å². The fraction of sp³-hybridized carbons (Fsp3) is 0.750. The molecule has 1 N–H and O–H groups in total. The van der Waals surface area contributed by atoms with E-state index in [1.807, 2.05) is 6.92 Å². The Hall–Kier alpha value is -0.790. The fourth-order valence-electron chi connectivity index (χ4n) is 2.19. The zero-order chi connectivity index (χ0) is 11.1. The van der Waals surface area contributed by atoms with E-state index < -0.39 is 0 Å². The van der Waals surface area contributed by atoms with Gasteiger partial charge in [-0.05, 0) is 17.8 Å². The lowest BCUT2D eigenvalue weighted by Gasteiger charge is -2.05. The zero-order valence-corrected chi connectivity index (χ0v) is 9.90. The normalized spacial score (nSPS) is 22.9. The van der Waals surface area contributed by atoms with Crippen molar-refractivity contribution in [2.24, 2.45) is 16.7 Å². The van der Waals surface area contributed by atoms with Gasteiger partial charge in [0.25, 0.3) is 0 Å². The van der Waals surface area contributed by atoms with E-state index in [-0.39, 0.29) is 22.7 Å². The third kappa shape index (κ3) is 1.58. The molecule has 1 amide bonds. The Balaban J connectivity index is 2.54. The van der Waals surface area contributed by atoms with E-state index in [0.717, 1.165) is 5.57 Å². The van der Waals surface area contributed by atoms with Crippen molar-refractivity contribution >= 4 is 5.91 Å². The predicted molar refractivity (Wildman–Crippen MR) is 58.9 cm³/mol. The SMILES string of the molecule is C=C(C)CNC(=O)C1C(C)(C)C1(C)C. The van der Waals surface area contributed by atoms with Crippen LogP contribution in [0.1, 0.15) is 34.6 Å². The standard InChI is InChI=1S/C12H21NO/c1-8(2)7-13-10(14)9-11(3,4)12(9,5)6/h9H,1,7H2,2-6H3,(H,13,14). The number of carbonyl (C=O) groups excluding carboxylic acids is 1. The summed E-state index contributed by atoms with van der Waals surface area (Å²) in [6.07, 6.45) is 0. The Morgan fingerprint density at radius 3 is 2.00 bits per heavy atom. The number of carbonyl (C=O) groups is 1. The molecular formula is C12H21NO. The highest BCUT2D eigenvalue weighted by molar-refractivity contribution is 5.84. The summed E-state index contributed by atoms with van der Waals surface area (Å²) in [5, 5.41) is 2.92. The van der Waals surface area contributed by atoms with Crippen LogP contribution in [0, 0.1) is 16.7 Å². The van der Waals surface area contributed by atoms with E-state index >= 15 is 0 Å². The molecule has 0 radical (unpaired) electrons.